The number of rotatable bonds is 5. The number of ether oxygens (including phenoxy) is 1. The fourth-order valence-electron chi connectivity index (χ4n) is 4.17. The van der Waals surface area contributed by atoms with Crippen LogP contribution in [0.4, 0.5) is 4.39 Å². The molecule has 4 rings (SSSR count). The van der Waals surface area contributed by atoms with E-state index in [1.807, 2.05) is 11.6 Å². The van der Waals surface area contributed by atoms with E-state index in [1.54, 1.807) is 12.1 Å². The lowest BCUT2D eigenvalue weighted by Crippen LogP contribution is -2.40. The lowest BCUT2D eigenvalue weighted by molar-refractivity contribution is 0.112. The first kappa shape index (κ1) is 19.1. The molecular formula is C19H23ClFN3O2S. The average molecular weight is 412 g/mol. The second-order valence-electron chi connectivity index (χ2n) is 7.36. The van der Waals surface area contributed by atoms with Crippen LogP contribution in [0.1, 0.15) is 29.3 Å². The van der Waals surface area contributed by atoms with Gasteiger partial charge in [0.25, 0.3) is 0 Å². The van der Waals surface area contributed by atoms with Gasteiger partial charge >= 0.3 is 0 Å². The lowest BCUT2D eigenvalue weighted by atomic mass is 9.95. The van der Waals surface area contributed by atoms with E-state index in [0.717, 1.165) is 24.4 Å². The van der Waals surface area contributed by atoms with E-state index < -0.39 is 6.23 Å². The molecule has 3 atom stereocenters. The highest BCUT2D eigenvalue weighted by Gasteiger charge is 2.31. The van der Waals surface area contributed by atoms with Gasteiger partial charge in [-0.15, -0.1) is 0 Å². The van der Waals surface area contributed by atoms with Gasteiger partial charge in [0.05, 0.1) is 6.61 Å². The molecule has 2 aromatic rings. The van der Waals surface area contributed by atoms with E-state index >= 15 is 0 Å². The van der Waals surface area contributed by atoms with E-state index in [9.17, 15) is 9.50 Å². The van der Waals surface area contributed by atoms with Crippen LogP contribution >= 0.6 is 23.8 Å². The lowest BCUT2D eigenvalue weighted by Gasteiger charge is -2.18. The smallest absolute Gasteiger partial charge is 0.179 e. The number of nitrogens with zero attached hydrogens (tertiary/aromatic N) is 2. The Kier molecular flexibility index (Phi) is 5.40. The zero-order valence-corrected chi connectivity index (χ0v) is 16.7. The first-order valence-corrected chi connectivity index (χ1v) is 9.96. The third-order valence-corrected chi connectivity index (χ3v) is 6.30. The van der Waals surface area contributed by atoms with Gasteiger partial charge < -0.3 is 19.0 Å². The number of halogens is 2. The van der Waals surface area contributed by atoms with Crippen LogP contribution in [0.25, 0.3) is 0 Å². The van der Waals surface area contributed by atoms with E-state index in [2.05, 4.69) is 9.88 Å². The summed E-state index contributed by atoms with van der Waals surface area (Å²) in [4.78, 5) is 0. The molecule has 1 fully saturated rings. The van der Waals surface area contributed by atoms with Crippen molar-refractivity contribution in [3.05, 3.63) is 50.8 Å². The fraction of sp³-hybridized carbons (Fsp3) is 0.526. The molecule has 0 bridgehead atoms. The molecule has 1 aromatic heterocycles. The Labute approximate surface area is 167 Å². The highest BCUT2D eigenvalue weighted by atomic mass is 35.5. The van der Waals surface area contributed by atoms with Gasteiger partial charge in [-0.25, -0.2) is 4.39 Å². The highest BCUT2D eigenvalue weighted by molar-refractivity contribution is 7.71. The SMILES string of the molecule is Cn1c(CC(O)N[C@@H]2CCOC2)c2n(c1=S)C[C@H](c1cc(Cl)ccc1F)C2. The molecule has 146 valence electrons. The maximum absolute atomic E-state index is 14.3. The van der Waals surface area contributed by atoms with Gasteiger partial charge in [-0.1, -0.05) is 11.6 Å². The van der Waals surface area contributed by atoms with Crippen LogP contribution in [-0.2, 0) is 31.2 Å². The Morgan fingerprint density at radius 2 is 2.30 bits per heavy atom. The summed E-state index contributed by atoms with van der Waals surface area (Å²) in [6.07, 6.45) is 1.35. The van der Waals surface area contributed by atoms with Crippen LogP contribution in [0.5, 0.6) is 0 Å². The second-order valence-corrected chi connectivity index (χ2v) is 8.16. The van der Waals surface area contributed by atoms with Crippen LogP contribution in [0.2, 0.25) is 5.02 Å². The van der Waals surface area contributed by atoms with Gasteiger partial charge in [0.1, 0.15) is 12.0 Å². The molecule has 0 radical (unpaired) electrons. The maximum Gasteiger partial charge on any atom is 0.179 e. The summed E-state index contributed by atoms with van der Waals surface area (Å²) in [5, 5.41) is 14.2. The largest absolute Gasteiger partial charge is 0.380 e. The molecule has 2 aliphatic heterocycles. The van der Waals surface area contributed by atoms with Crippen molar-refractivity contribution < 1.29 is 14.2 Å². The fourth-order valence-corrected chi connectivity index (χ4v) is 4.64. The van der Waals surface area contributed by atoms with E-state index in [-0.39, 0.29) is 17.8 Å². The predicted octanol–water partition coefficient (Wildman–Crippen LogP) is 2.93. The highest BCUT2D eigenvalue weighted by Crippen LogP contribution is 2.35. The number of aromatic nitrogens is 2. The van der Waals surface area contributed by atoms with E-state index in [0.29, 0.717) is 41.4 Å². The van der Waals surface area contributed by atoms with E-state index in [4.69, 9.17) is 28.6 Å². The summed E-state index contributed by atoms with van der Waals surface area (Å²) >= 11 is 11.7. The van der Waals surface area contributed by atoms with E-state index in [1.165, 1.54) is 6.07 Å². The van der Waals surface area contributed by atoms with Gasteiger partial charge in [0.15, 0.2) is 4.77 Å². The number of hydrogen-bond acceptors (Lipinski definition) is 4. The van der Waals surface area contributed by atoms with Gasteiger partial charge in [0.2, 0.25) is 0 Å². The number of hydrogen-bond donors (Lipinski definition) is 2. The molecule has 2 aliphatic rings. The quantitative estimate of drug-likeness (QED) is 0.586. The third kappa shape index (κ3) is 3.71. The van der Waals surface area contributed by atoms with Crippen molar-refractivity contribution in [2.24, 2.45) is 7.05 Å². The zero-order valence-electron chi connectivity index (χ0n) is 15.1. The number of fused-ring (bicyclic) bond motifs is 1. The normalized spacial score (nSPS) is 23.0. The van der Waals surface area contributed by atoms with Crippen LogP contribution in [0, 0.1) is 10.6 Å². The number of benzene rings is 1. The monoisotopic (exact) mass is 411 g/mol. The molecule has 0 saturated carbocycles. The summed E-state index contributed by atoms with van der Waals surface area (Å²) in [5.74, 6) is -0.247. The molecule has 5 nitrogen and oxygen atoms in total. The minimum atomic E-state index is -0.675. The summed E-state index contributed by atoms with van der Waals surface area (Å²) in [6, 6.07) is 4.86. The molecule has 1 unspecified atom stereocenters. The van der Waals surface area contributed by atoms with Gasteiger partial charge in [0, 0.05) is 55.0 Å². The molecule has 2 N–H and O–H groups in total. The predicted molar refractivity (Wildman–Crippen MR) is 104 cm³/mol. The van der Waals surface area contributed by atoms with Crippen LogP contribution in [0.3, 0.4) is 0 Å². The van der Waals surface area contributed by atoms with Gasteiger partial charge in [-0.05, 0) is 48.8 Å². The summed E-state index contributed by atoms with van der Waals surface area (Å²) < 4.78 is 24.4. The summed E-state index contributed by atoms with van der Waals surface area (Å²) in [6.45, 7) is 1.97. The molecular weight excluding hydrogens is 389 g/mol. The minimum absolute atomic E-state index is 0.00585. The van der Waals surface area contributed by atoms with Crippen LogP contribution in [0.15, 0.2) is 18.2 Å². The van der Waals surface area contributed by atoms with Crippen molar-refractivity contribution in [1.82, 2.24) is 14.5 Å². The third-order valence-electron chi connectivity index (χ3n) is 5.57. The number of nitrogens with one attached hydrogen (secondary N) is 1. The first-order valence-electron chi connectivity index (χ1n) is 9.18. The van der Waals surface area contributed by atoms with Crippen molar-refractivity contribution in [3.63, 3.8) is 0 Å². The molecule has 1 aromatic carbocycles. The van der Waals surface area contributed by atoms with Crippen LogP contribution < -0.4 is 5.32 Å². The molecule has 0 aliphatic carbocycles. The number of aliphatic hydroxyl groups is 1. The number of aliphatic hydroxyl groups excluding tert-OH is 1. The first-order chi connectivity index (χ1) is 12.9. The Morgan fingerprint density at radius 3 is 3.04 bits per heavy atom. The molecule has 8 heteroatoms. The van der Waals surface area contributed by atoms with Gasteiger partial charge in [-0.3, -0.25) is 5.32 Å². The topological polar surface area (TPSA) is 51.4 Å². The van der Waals surface area contributed by atoms with Crippen molar-refractivity contribution in [3.8, 4) is 0 Å². The van der Waals surface area contributed by atoms with Crippen molar-refractivity contribution >= 4 is 23.8 Å². The Hall–Kier alpha value is -1.25. The van der Waals surface area contributed by atoms with Gasteiger partial charge in [-0.2, -0.15) is 0 Å². The zero-order chi connectivity index (χ0) is 19.1. The van der Waals surface area contributed by atoms with Crippen molar-refractivity contribution in [1.29, 1.82) is 0 Å². The van der Waals surface area contributed by atoms with Crippen molar-refractivity contribution in [2.45, 2.75) is 44.0 Å². The average Bonchev–Trinajstić information content (AvgIpc) is 3.33. The molecule has 0 spiro atoms. The molecule has 27 heavy (non-hydrogen) atoms. The molecule has 3 heterocycles. The summed E-state index contributed by atoms with van der Waals surface area (Å²) in [7, 11) is 1.92. The van der Waals surface area contributed by atoms with Crippen molar-refractivity contribution in [2.75, 3.05) is 13.2 Å². The van der Waals surface area contributed by atoms with Crippen LogP contribution in [-0.4, -0.2) is 39.7 Å². The Bertz CT molecular complexity index is 907. The molecule has 0 amide bonds. The Morgan fingerprint density at radius 1 is 1.48 bits per heavy atom. The minimum Gasteiger partial charge on any atom is -0.380 e. The molecule has 1 saturated heterocycles. The standard InChI is InChI=1S/C19H23ClFN3O2S/c1-23-16(8-18(25)22-13-4-5-26-10-13)17-6-11(9-24(17)19(23)27)14-7-12(20)2-3-15(14)21/h2-3,7,11,13,18,22,25H,4-6,8-10H2,1H3/t11-,13-,18?/m1/s1. The Balaban J connectivity index is 1.56. The summed E-state index contributed by atoms with van der Waals surface area (Å²) in [5.41, 5.74) is 2.68. The maximum atomic E-state index is 14.3. The second kappa shape index (κ2) is 7.64. The number of imidazole rings is 1.